The second kappa shape index (κ2) is 7.18. The Balaban J connectivity index is 1.97. The number of carbonyl (C=O) groups excluding carboxylic acids is 1. The van der Waals surface area contributed by atoms with Crippen LogP contribution in [0.2, 0.25) is 0 Å². The summed E-state index contributed by atoms with van der Waals surface area (Å²) in [6, 6.07) is 6.35. The van der Waals surface area contributed by atoms with Gasteiger partial charge in [-0.25, -0.2) is 4.39 Å². The molecule has 1 amide bonds. The molecule has 20 heavy (non-hydrogen) atoms. The third-order valence-corrected chi connectivity index (χ3v) is 3.69. The minimum Gasteiger partial charge on any atom is -0.371 e. The zero-order valence-corrected chi connectivity index (χ0v) is 13.0. The van der Waals surface area contributed by atoms with E-state index in [1.54, 1.807) is 13.0 Å². The Morgan fingerprint density at radius 3 is 2.90 bits per heavy atom. The van der Waals surface area contributed by atoms with Crippen molar-refractivity contribution in [2.45, 2.75) is 30.7 Å². The molecule has 2 unspecified atom stereocenters. The normalized spacial score (nSPS) is 17.6. The number of halogens is 2. The maximum Gasteiger partial charge on any atom is 0.233 e. The predicted octanol–water partition coefficient (Wildman–Crippen LogP) is 3.19. The lowest BCUT2D eigenvalue weighted by Crippen LogP contribution is -2.33. The summed E-state index contributed by atoms with van der Waals surface area (Å²) in [7, 11) is 0. The van der Waals surface area contributed by atoms with Gasteiger partial charge in [0.1, 0.15) is 5.82 Å². The lowest BCUT2D eigenvalue weighted by molar-refractivity contribution is -0.120. The van der Waals surface area contributed by atoms with E-state index in [0.717, 1.165) is 5.56 Å². The van der Waals surface area contributed by atoms with Crippen molar-refractivity contribution in [1.29, 1.82) is 0 Å². The zero-order valence-electron chi connectivity index (χ0n) is 11.4. The number of ether oxygens (including phenoxy) is 1. The van der Waals surface area contributed by atoms with E-state index in [-0.39, 0.29) is 22.7 Å². The van der Waals surface area contributed by atoms with Crippen LogP contribution in [0, 0.1) is 11.7 Å². The first-order chi connectivity index (χ1) is 9.56. The van der Waals surface area contributed by atoms with Crippen LogP contribution in [0.1, 0.15) is 31.4 Å². The average Bonchev–Trinajstić information content (AvgIpc) is 3.22. The molecular weight excluding hydrogens is 325 g/mol. The van der Waals surface area contributed by atoms with Gasteiger partial charge in [-0.1, -0.05) is 28.1 Å². The number of hydrogen-bond acceptors (Lipinski definition) is 2. The fraction of sp³-hybridized carbons (Fsp3) is 0.533. The highest BCUT2D eigenvalue weighted by Crippen LogP contribution is 2.31. The van der Waals surface area contributed by atoms with Gasteiger partial charge in [-0.3, -0.25) is 4.79 Å². The summed E-state index contributed by atoms with van der Waals surface area (Å²) in [4.78, 5) is 11.4. The van der Waals surface area contributed by atoms with Crippen molar-refractivity contribution < 1.29 is 13.9 Å². The largest absolute Gasteiger partial charge is 0.371 e. The van der Waals surface area contributed by atoms with Crippen LogP contribution in [-0.2, 0) is 9.53 Å². The molecular formula is C15H19BrFNO2. The number of rotatable bonds is 7. The first-order valence-corrected chi connectivity index (χ1v) is 7.76. The second-order valence-corrected chi connectivity index (χ2v) is 6.56. The molecule has 1 aromatic rings. The topological polar surface area (TPSA) is 38.3 Å². The van der Waals surface area contributed by atoms with Crippen molar-refractivity contribution in [1.82, 2.24) is 5.32 Å². The number of alkyl halides is 1. The average molecular weight is 344 g/mol. The Labute approximate surface area is 127 Å². The van der Waals surface area contributed by atoms with Gasteiger partial charge in [-0.2, -0.15) is 0 Å². The third kappa shape index (κ3) is 4.87. The van der Waals surface area contributed by atoms with Crippen molar-refractivity contribution >= 4 is 21.8 Å². The van der Waals surface area contributed by atoms with Gasteiger partial charge >= 0.3 is 0 Å². The number of benzene rings is 1. The van der Waals surface area contributed by atoms with Crippen molar-refractivity contribution in [3.63, 3.8) is 0 Å². The summed E-state index contributed by atoms with van der Waals surface area (Å²) in [5, 5.41) is 2.81. The molecule has 1 saturated carbocycles. The zero-order chi connectivity index (χ0) is 14.5. The van der Waals surface area contributed by atoms with Crippen LogP contribution in [0.4, 0.5) is 4.39 Å². The fourth-order valence-corrected chi connectivity index (χ4v) is 2.01. The highest BCUT2D eigenvalue weighted by Gasteiger charge is 2.24. The Morgan fingerprint density at radius 2 is 2.30 bits per heavy atom. The van der Waals surface area contributed by atoms with E-state index < -0.39 is 0 Å². The molecule has 0 radical (unpaired) electrons. The molecule has 2 atom stereocenters. The molecule has 1 fully saturated rings. The fourth-order valence-electron chi connectivity index (χ4n) is 1.85. The molecule has 110 valence electrons. The van der Waals surface area contributed by atoms with Crippen molar-refractivity contribution in [2.24, 2.45) is 5.92 Å². The highest BCUT2D eigenvalue weighted by molar-refractivity contribution is 9.10. The molecule has 0 aromatic heterocycles. The monoisotopic (exact) mass is 343 g/mol. The van der Waals surface area contributed by atoms with E-state index in [4.69, 9.17) is 4.74 Å². The number of nitrogens with one attached hydrogen (secondary N) is 1. The number of hydrogen-bond donors (Lipinski definition) is 1. The van der Waals surface area contributed by atoms with Gasteiger partial charge in [-0.15, -0.1) is 0 Å². The van der Waals surface area contributed by atoms with E-state index in [1.165, 1.54) is 25.0 Å². The number of amides is 1. The summed E-state index contributed by atoms with van der Waals surface area (Å²) < 4.78 is 19.2. The summed E-state index contributed by atoms with van der Waals surface area (Å²) in [5.41, 5.74) is 0.758. The lowest BCUT2D eigenvalue weighted by atomic mass is 10.1. The standard InChI is InChI=1S/C15H19BrFNO2/c1-10(16)15(19)18-8-14(20-9-11-5-6-11)12-3-2-4-13(17)7-12/h2-4,7,10-11,14H,5-6,8-9H2,1H3,(H,18,19). The van der Waals surface area contributed by atoms with Crippen LogP contribution in [0.15, 0.2) is 24.3 Å². The molecule has 0 spiro atoms. The van der Waals surface area contributed by atoms with Gasteiger partial charge in [0.05, 0.1) is 17.5 Å². The van der Waals surface area contributed by atoms with E-state index in [0.29, 0.717) is 19.1 Å². The quantitative estimate of drug-likeness (QED) is 0.772. The highest BCUT2D eigenvalue weighted by atomic mass is 79.9. The van der Waals surface area contributed by atoms with Crippen LogP contribution < -0.4 is 5.32 Å². The summed E-state index contributed by atoms with van der Waals surface area (Å²) in [6.45, 7) is 2.78. The van der Waals surface area contributed by atoms with Crippen molar-refractivity contribution in [3.05, 3.63) is 35.6 Å². The molecule has 3 nitrogen and oxygen atoms in total. The van der Waals surface area contributed by atoms with Crippen LogP contribution in [0.25, 0.3) is 0 Å². The van der Waals surface area contributed by atoms with Gasteiger partial charge in [0.2, 0.25) is 5.91 Å². The third-order valence-electron chi connectivity index (χ3n) is 3.27. The maximum atomic E-state index is 13.3. The molecule has 2 rings (SSSR count). The minimum atomic E-state index is -0.304. The molecule has 1 aromatic carbocycles. The van der Waals surface area contributed by atoms with E-state index in [2.05, 4.69) is 21.2 Å². The Hall–Kier alpha value is -0.940. The van der Waals surface area contributed by atoms with Crippen LogP contribution in [0.3, 0.4) is 0 Å². The summed E-state index contributed by atoms with van der Waals surface area (Å²) in [5.74, 6) is 0.237. The Kier molecular flexibility index (Phi) is 5.54. The first kappa shape index (κ1) is 15.4. The first-order valence-electron chi connectivity index (χ1n) is 6.85. The molecule has 1 aliphatic carbocycles. The van der Waals surface area contributed by atoms with Crippen LogP contribution in [-0.4, -0.2) is 23.9 Å². The van der Waals surface area contributed by atoms with Crippen molar-refractivity contribution in [3.8, 4) is 0 Å². The van der Waals surface area contributed by atoms with E-state index in [9.17, 15) is 9.18 Å². The van der Waals surface area contributed by atoms with Gasteiger partial charge in [0, 0.05) is 6.54 Å². The number of carbonyl (C=O) groups is 1. The maximum absolute atomic E-state index is 13.3. The molecule has 0 heterocycles. The summed E-state index contributed by atoms with van der Waals surface area (Å²) in [6.07, 6.45) is 2.09. The lowest BCUT2D eigenvalue weighted by Gasteiger charge is -2.19. The van der Waals surface area contributed by atoms with Gasteiger partial charge in [0.25, 0.3) is 0 Å². The van der Waals surface area contributed by atoms with Crippen molar-refractivity contribution in [2.75, 3.05) is 13.2 Å². The molecule has 5 heteroatoms. The Morgan fingerprint density at radius 1 is 1.55 bits per heavy atom. The molecule has 0 aliphatic heterocycles. The molecule has 1 N–H and O–H groups in total. The second-order valence-electron chi connectivity index (χ2n) is 5.18. The van der Waals surface area contributed by atoms with Crippen LogP contribution in [0.5, 0.6) is 0 Å². The predicted molar refractivity (Wildman–Crippen MR) is 79.2 cm³/mol. The molecule has 0 saturated heterocycles. The molecule has 1 aliphatic rings. The van der Waals surface area contributed by atoms with Gasteiger partial charge in [-0.05, 0) is 43.4 Å². The van der Waals surface area contributed by atoms with Crippen LogP contribution >= 0.6 is 15.9 Å². The van der Waals surface area contributed by atoms with E-state index >= 15 is 0 Å². The summed E-state index contributed by atoms with van der Waals surface area (Å²) >= 11 is 3.22. The Bertz CT molecular complexity index is 463. The SMILES string of the molecule is CC(Br)C(=O)NCC(OCC1CC1)c1cccc(F)c1. The smallest absolute Gasteiger partial charge is 0.233 e. The molecule has 0 bridgehead atoms. The van der Waals surface area contributed by atoms with Gasteiger partial charge in [0.15, 0.2) is 0 Å². The van der Waals surface area contributed by atoms with E-state index in [1.807, 2.05) is 6.07 Å². The van der Waals surface area contributed by atoms with Gasteiger partial charge < -0.3 is 10.1 Å². The minimum absolute atomic E-state index is 0.0959.